The molecule has 0 radical (unpaired) electrons. The number of rotatable bonds is 6. The van der Waals surface area contributed by atoms with Crippen molar-refractivity contribution < 1.29 is 41.4 Å². The third kappa shape index (κ3) is 3.66. The molecular formula is C19H21F3N2O6. The van der Waals surface area contributed by atoms with Gasteiger partial charge in [0.15, 0.2) is 0 Å². The molecule has 3 fully saturated rings. The lowest BCUT2D eigenvalue weighted by Crippen LogP contribution is -2.35. The van der Waals surface area contributed by atoms with Gasteiger partial charge >= 0.3 is 12.3 Å². The fraction of sp³-hybridized carbons (Fsp3) is 0.632. The maximum atomic E-state index is 12.9. The first-order valence-electron chi connectivity index (χ1n) is 9.79. The Bertz CT molecular complexity index is 839. The van der Waals surface area contributed by atoms with E-state index in [0.717, 1.165) is 18.9 Å². The summed E-state index contributed by atoms with van der Waals surface area (Å²) in [6.45, 7) is 1.48. The number of hydrogen-bond acceptors (Lipinski definition) is 6. The summed E-state index contributed by atoms with van der Waals surface area (Å²) in [6.07, 6.45) is -3.75. The highest BCUT2D eigenvalue weighted by molar-refractivity contribution is 6.06. The second-order valence-electron chi connectivity index (χ2n) is 7.74. The molecule has 8 nitrogen and oxygen atoms in total. The summed E-state index contributed by atoms with van der Waals surface area (Å²) in [6, 6.07) is 1.06. The Hall–Kier alpha value is -2.56. The van der Waals surface area contributed by atoms with Crippen molar-refractivity contribution in [1.82, 2.24) is 4.90 Å². The third-order valence-electron chi connectivity index (χ3n) is 5.73. The van der Waals surface area contributed by atoms with Gasteiger partial charge in [-0.05, 0) is 32.6 Å². The number of nitrogens with one attached hydrogen (secondary N) is 1. The Morgan fingerprint density at radius 1 is 1.20 bits per heavy atom. The summed E-state index contributed by atoms with van der Waals surface area (Å²) in [7, 11) is 0. The molecule has 3 aliphatic heterocycles. The van der Waals surface area contributed by atoms with E-state index in [0.29, 0.717) is 12.8 Å². The number of hydrogen-bond donors (Lipinski definition) is 1. The van der Waals surface area contributed by atoms with Crippen LogP contribution in [0.1, 0.15) is 37.2 Å². The normalized spacial score (nSPS) is 27.7. The molecular weight excluding hydrogens is 409 g/mol. The number of likely N-dealkylation sites (tertiary alicyclic amines) is 1. The van der Waals surface area contributed by atoms with Crippen molar-refractivity contribution in [2.45, 2.75) is 51.0 Å². The minimum absolute atomic E-state index is 0.00109. The van der Waals surface area contributed by atoms with Crippen molar-refractivity contribution >= 4 is 23.6 Å². The van der Waals surface area contributed by atoms with Gasteiger partial charge in [-0.25, -0.2) is 4.79 Å². The smallest absolute Gasteiger partial charge is 0.451 e. The minimum Gasteiger partial charge on any atom is -0.455 e. The van der Waals surface area contributed by atoms with Gasteiger partial charge in [0, 0.05) is 12.6 Å². The number of imide groups is 1. The summed E-state index contributed by atoms with van der Waals surface area (Å²) >= 11 is 0. The molecule has 1 aromatic heterocycles. The van der Waals surface area contributed by atoms with E-state index in [4.69, 9.17) is 9.47 Å². The van der Waals surface area contributed by atoms with Crippen LogP contribution in [0.3, 0.4) is 0 Å². The predicted molar refractivity (Wildman–Crippen MR) is 94.2 cm³/mol. The largest absolute Gasteiger partial charge is 0.455 e. The molecule has 30 heavy (non-hydrogen) atoms. The Morgan fingerprint density at radius 2 is 1.83 bits per heavy atom. The van der Waals surface area contributed by atoms with Crippen LogP contribution in [0, 0.1) is 18.8 Å². The van der Waals surface area contributed by atoms with E-state index >= 15 is 0 Å². The Kier molecular flexibility index (Phi) is 5.25. The number of amides is 3. The van der Waals surface area contributed by atoms with Crippen LogP contribution in [0.15, 0.2) is 10.5 Å². The van der Waals surface area contributed by atoms with Crippen LogP contribution in [-0.2, 0) is 25.2 Å². The first kappa shape index (κ1) is 20.7. The molecule has 0 spiro atoms. The molecule has 3 aliphatic rings. The van der Waals surface area contributed by atoms with Gasteiger partial charge in [-0.15, -0.1) is 0 Å². The zero-order valence-corrected chi connectivity index (χ0v) is 16.2. The molecule has 1 N–H and O–H groups in total. The van der Waals surface area contributed by atoms with Gasteiger partial charge in [-0.2, -0.15) is 13.2 Å². The highest BCUT2D eigenvalue weighted by atomic mass is 19.4. The summed E-state index contributed by atoms with van der Waals surface area (Å²) in [5.41, 5.74) is -0.512. The van der Waals surface area contributed by atoms with Crippen LogP contribution >= 0.6 is 0 Å². The fourth-order valence-corrected chi connectivity index (χ4v) is 4.49. The van der Waals surface area contributed by atoms with Gasteiger partial charge in [0.05, 0.1) is 36.3 Å². The van der Waals surface area contributed by atoms with Gasteiger partial charge in [-0.3, -0.25) is 19.8 Å². The molecule has 4 rings (SSSR count). The quantitative estimate of drug-likeness (QED) is 0.550. The maximum absolute atomic E-state index is 12.9. The Morgan fingerprint density at radius 3 is 2.43 bits per heavy atom. The molecule has 11 heteroatoms. The molecule has 4 atom stereocenters. The van der Waals surface area contributed by atoms with Crippen LogP contribution in [0.5, 0.6) is 0 Å². The van der Waals surface area contributed by atoms with E-state index in [9.17, 15) is 27.6 Å². The lowest BCUT2D eigenvalue weighted by molar-refractivity contribution is -0.152. The number of halogens is 3. The summed E-state index contributed by atoms with van der Waals surface area (Å²) in [5, 5.41) is 2.02. The van der Waals surface area contributed by atoms with E-state index in [-0.39, 0.29) is 54.8 Å². The molecule has 1 aromatic rings. The number of nitrogens with zero attached hydrogens (tertiary/aromatic N) is 1. The average Bonchev–Trinajstić information content (AvgIpc) is 3.40. The van der Waals surface area contributed by atoms with Crippen LogP contribution in [0.4, 0.5) is 23.7 Å². The standard InChI is InChI=1S/C19H21F3N2O6/c1-9-8-10(15(29-9)19(20,21)22)23-18(27)28-7-3-2-6-24-16(25)13-11-4-5-12(30-11)14(13)17(24)26/h8,11-14H,2-7H2,1H3,(H,23,27). The number of fused-ring (bicyclic) bond motifs is 5. The van der Waals surface area contributed by atoms with Crippen LogP contribution in [0.2, 0.25) is 0 Å². The van der Waals surface area contributed by atoms with Gasteiger partial charge in [-0.1, -0.05) is 0 Å². The summed E-state index contributed by atoms with van der Waals surface area (Å²) < 4.78 is 53.7. The molecule has 164 valence electrons. The van der Waals surface area contributed by atoms with Crippen molar-refractivity contribution in [3.05, 3.63) is 17.6 Å². The van der Waals surface area contributed by atoms with Crippen molar-refractivity contribution in [3.8, 4) is 0 Å². The van der Waals surface area contributed by atoms with Crippen molar-refractivity contribution in [3.63, 3.8) is 0 Å². The fourth-order valence-electron chi connectivity index (χ4n) is 4.49. The molecule has 4 unspecified atom stereocenters. The number of carbonyl (C=O) groups is 3. The molecule has 0 aliphatic carbocycles. The topological polar surface area (TPSA) is 98.1 Å². The van der Waals surface area contributed by atoms with Crippen molar-refractivity contribution in [2.24, 2.45) is 11.8 Å². The second kappa shape index (κ2) is 7.60. The van der Waals surface area contributed by atoms with Crippen molar-refractivity contribution in [2.75, 3.05) is 18.5 Å². The average molecular weight is 430 g/mol. The van der Waals surface area contributed by atoms with E-state index in [1.807, 2.05) is 5.32 Å². The number of aryl methyl sites for hydroxylation is 1. The first-order chi connectivity index (χ1) is 14.2. The van der Waals surface area contributed by atoms with E-state index in [1.54, 1.807) is 0 Å². The first-order valence-corrected chi connectivity index (χ1v) is 9.79. The van der Waals surface area contributed by atoms with Crippen LogP contribution < -0.4 is 5.32 Å². The van der Waals surface area contributed by atoms with Gasteiger partial charge in [0.1, 0.15) is 5.76 Å². The van der Waals surface area contributed by atoms with E-state index in [2.05, 4.69) is 4.42 Å². The minimum atomic E-state index is -4.74. The van der Waals surface area contributed by atoms with Gasteiger partial charge < -0.3 is 13.9 Å². The lowest BCUT2D eigenvalue weighted by atomic mass is 9.81. The lowest BCUT2D eigenvalue weighted by Gasteiger charge is -2.17. The Balaban J connectivity index is 1.21. The van der Waals surface area contributed by atoms with E-state index < -0.39 is 23.7 Å². The number of anilines is 1. The van der Waals surface area contributed by atoms with Gasteiger partial charge in [0.25, 0.3) is 0 Å². The van der Waals surface area contributed by atoms with Crippen LogP contribution in [0.25, 0.3) is 0 Å². The van der Waals surface area contributed by atoms with E-state index in [1.165, 1.54) is 11.8 Å². The van der Waals surface area contributed by atoms with Crippen LogP contribution in [-0.4, -0.2) is 48.2 Å². The van der Waals surface area contributed by atoms with Crippen molar-refractivity contribution in [1.29, 1.82) is 0 Å². The highest BCUT2D eigenvalue weighted by Crippen LogP contribution is 2.48. The summed E-state index contributed by atoms with van der Waals surface area (Å²) in [5.74, 6) is -2.46. The molecule has 4 heterocycles. The predicted octanol–water partition coefficient (Wildman–Crippen LogP) is 3.10. The number of unbranched alkanes of at least 4 members (excludes halogenated alkanes) is 1. The second-order valence-corrected chi connectivity index (χ2v) is 7.74. The zero-order valence-electron chi connectivity index (χ0n) is 16.2. The zero-order chi connectivity index (χ0) is 21.6. The SMILES string of the molecule is Cc1cc(NC(=O)OCCCCN2C(=O)C3C4CCC(O4)C3C2=O)c(C(F)(F)F)o1. The number of furan rings is 1. The molecule has 0 aromatic carbocycles. The Labute approximate surface area is 169 Å². The number of ether oxygens (including phenoxy) is 2. The monoisotopic (exact) mass is 430 g/mol. The van der Waals surface area contributed by atoms with Gasteiger partial charge in [0.2, 0.25) is 17.6 Å². The third-order valence-corrected chi connectivity index (χ3v) is 5.73. The number of alkyl halides is 3. The number of carbonyl (C=O) groups excluding carboxylic acids is 3. The molecule has 3 amide bonds. The highest BCUT2D eigenvalue weighted by Gasteiger charge is 2.62. The maximum Gasteiger partial charge on any atom is 0.451 e. The summed E-state index contributed by atoms with van der Waals surface area (Å²) in [4.78, 5) is 38.0. The molecule has 0 saturated carbocycles. The molecule has 3 saturated heterocycles. The molecule has 2 bridgehead atoms.